The molecule has 0 aromatic carbocycles. The number of rotatable bonds is 6. The number of esters is 1. The molecular weight excluding hydrogens is 493 g/mol. The maximum absolute atomic E-state index is 12.7. The number of nitrogens with one attached hydrogen (secondary N) is 1. The van der Waals surface area contributed by atoms with E-state index in [1.807, 2.05) is 4.90 Å². The third-order valence-electron chi connectivity index (χ3n) is 5.05. The molecule has 14 heteroatoms. The van der Waals surface area contributed by atoms with Gasteiger partial charge < -0.3 is 9.64 Å². The first-order valence-corrected chi connectivity index (χ1v) is 12.0. The predicted octanol–water partition coefficient (Wildman–Crippen LogP) is 4.11. The number of ether oxygens (including phenoxy) is 1. The van der Waals surface area contributed by atoms with Crippen molar-refractivity contribution in [3.05, 3.63) is 34.5 Å². The summed E-state index contributed by atoms with van der Waals surface area (Å²) in [6.45, 7) is 3.39. The molecular formula is C20H19F3N6O3S2. The van der Waals surface area contributed by atoms with E-state index in [0.29, 0.717) is 38.4 Å². The smallest absolute Gasteiger partial charge is 0.434 e. The number of alkyl halides is 3. The molecule has 34 heavy (non-hydrogen) atoms. The molecule has 1 aliphatic rings. The summed E-state index contributed by atoms with van der Waals surface area (Å²) in [7, 11) is 0. The highest BCUT2D eigenvalue weighted by Crippen LogP contribution is 2.34. The van der Waals surface area contributed by atoms with Crippen molar-refractivity contribution in [2.45, 2.75) is 25.9 Å². The number of aromatic nitrogens is 4. The SMILES string of the molecule is CCOC(=O)C1CCN(c2cnc(C(=O)Nc3nc(-c4nc(C(F)(F)F)cs4)cs3)cn2)CC1. The van der Waals surface area contributed by atoms with Crippen molar-refractivity contribution in [2.75, 3.05) is 29.9 Å². The van der Waals surface area contributed by atoms with Crippen LogP contribution in [0.2, 0.25) is 0 Å². The van der Waals surface area contributed by atoms with Crippen LogP contribution in [-0.2, 0) is 15.7 Å². The first kappa shape index (κ1) is 24.0. The van der Waals surface area contributed by atoms with Gasteiger partial charge in [-0.25, -0.2) is 19.9 Å². The number of carbonyl (C=O) groups is 2. The van der Waals surface area contributed by atoms with Gasteiger partial charge in [-0.05, 0) is 19.8 Å². The standard InChI is InChI=1S/C20H19F3N6O3S2/c1-2-32-18(31)11-3-5-29(6-4-11)15-8-24-12(7-25-15)16(30)28-19-26-13(9-34-19)17-27-14(10-33-17)20(21,22)23/h7-11H,2-6H2,1H3,(H,26,28,30). The van der Waals surface area contributed by atoms with Gasteiger partial charge in [0, 0.05) is 23.8 Å². The second kappa shape index (κ2) is 10.0. The van der Waals surface area contributed by atoms with Gasteiger partial charge in [-0.2, -0.15) is 13.2 Å². The Morgan fingerprint density at radius 1 is 1.15 bits per heavy atom. The molecule has 0 bridgehead atoms. The fraction of sp³-hybridized carbons (Fsp3) is 0.400. The molecule has 0 radical (unpaired) electrons. The highest BCUT2D eigenvalue weighted by atomic mass is 32.1. The Morgan fingerprint density at radius 2 is 1.91 bits per heavy atom. The van der Waals surface area contributed by atoms with E-state index in [1.54, 1.807) is 6.92 Å². The molecule has 3 aromatic heterocycles. The maximum Gasteiger partial charge on any atom is 0.434 e. The van der Waals surface area contributed by atoms with Gasteiger partial charge in [0.25, 0.3) is 5.91 Å². The monoisotopic (exact) mass is 512 g/mol. The van der Waals surface area contributed by atoms with Crippen LogP contribution in [-0.4, -0.2) is 51.5 Å². The highest BCUT2D eigenvalue weighted by Gasteiger charge is 2.34. The Morgan fingerprint density at radius 3 is 2.53 bits per heavy atom. The fourth-order valence-corrected chi connectivity index (χ4v) is 4.87. The lowest BCUT2D eigenvalue weighted by Crippen LogP contribution is -2.37. The molecule has 1 amide bonds. The van der Waals surface area contributed by atoms with Crippen LogP contribution in [0, 0.1) is 5.92 Å². The summed E-state index contributed by atoms with van der Waals surface area (Å²) in [6.07, 6.45) is -0.394. The molecule has 1 N–H and O–H groups in total. The van der Waals surface area contributed by atoms with E-state index in [1.165, 1.54) is 17.8 Å². The predicted molar refractivity (Wildman–Crippen MR) is 120 cm³/mol. The second-order valence-corrected chi connectivity index (χ2v) is 9.02. The van der Waals surface area contributed by atoms with Gasteiger partial charge in [0.05, 0.1) is 24.9 Å². The fourth-order valence-electron chi connectivity index (χ4n) is 3.32. The van der Waals surface area contributed by atoms with E-state index < -0.39 is 17.8 Å². The quantitative estimate of drug-likeness (QED) is 0.492. The average molecular weight is 513 g/mol. The molecule has 9 nitrogen and oxygen atoms in total. The lowest BCUT2D eigenvalue weighted by molar-refractivity contribution is -0.148. The minimum atomic E-state index is -4.52. The van der Waals surface area contributed by atoms with Gasteiger partial charge in [-0.15, -0.1) is 22.7 Å². The van der Waals surface area contributed by atoms with Crippen molar-refractivity contribution in [1.82, 2.24) is 19.9 Å². The molecule has 1 aliphatic heterocycles. The number of thiazole rings is 2. The number of piperidine rings is 1. The van der Waals surface area contributed by atoms with Crippen LogP contribution in [0.5, 0.6) is 0 Å². The minimum absolute atomic E-state index is 0.0653. The van der Waals surface area contributed by atoms with Crippen LogP contribution in [0.15, 0.2) is 23.2 Å². The Kier molecular flexibility index (Phi) is 7.07. The Hall–Kier alpha value is -3.13. The number of hydrogen-bond acceptors (Lipinski definition) is 10. The summed E-state index contributed by atoms with van der Waals surface area (Å²) in [5, 5.41) is 5.32. The summed E-state index contributed by atoms with van der Waals surface area (Å²) in [5.41, 5.74) is -0.671. The zero-order chi connectivity index (χ0) is 24.3. The van der Waals surface area contributed by atoms with E-state index in [4.69, 9.17) is 4.74 Å². The van der Waals surface area contributed by atoms with Crippen molar-refractivity contribution in [3.63, 3.8) is 0 Å². The molecule has 0 atom stereocenters. The number of carbonyl (C=O) groups excluding carboxylic acids is 2. The Bertz CT molecular complexity index is 1160. The van der Waals surface area contributed by atoms with Gasteiger partial charge in [-0.1, -0.05) is 0 Å². The average Bonchev–Trinajstić information content (AvgIpc) is 3.49. The van der Waals surface area contributed by atoms with Crippen LogP contribution in [0.1, 0.15) is 35.9 Å². The Balaban J connectivity index is 1.34. The molecule has 1 fully saturated rings. The molecule has 0 spiro atoms. The molecule has 180 valence electrons. The van der Waals surface area contributed by atoms with Gasteiger partial charge in [0.2, 0.25) is 0 Å². The van der Waals surface area contributed by atoms with Crippen molar-refractivity contribution >= 4 is 45.5 Å². The van der Waals surface area contributed by atoms with E-state index >= 15 is 0 Å². The normalized spacial score (nSPS) is 14.8. The van der Waals surface area contributed by atoms with Gasteiger partial charge >= 0.3 is 12.1 Å². The summed E-state index contributed by atoms with van der Waals surface area (Å²) in [4.78, 5) is 42.5. The number of amides is 1. The van der Waals surface area contributed by atoms with Crippen molar-refractivity contribution in [2.24, 2.45) is 5.92 Å². The number of halogens is 3. The van der Waals surface area contributed by atoms with Crippen LogP contribution in [0.4, 0.5) is 24.1 Å². The summed E-state index contributed by atoms with van der Waals surface area (Å²) < 4.78 is 43.3. The van der Waals surface area contributed by atoms with Crippen LogP contribution < -0.4 is 10.2 Å². The topological polar surface area (TPSA) is 110 Å². The van der Waals surface area contributed by atoms with Gasteiger partial charge in [0.15, 0.2) is 10.8 Å². The largest absolute Gasteiger partial charge is 0.466 e. The second-order valence-electron chi connectivity index (χ2n) is 7.30. The first-order chi connectivity index (χ1) is 16.2. The lowest BCUT2D eigenvalue weighted by atomic mass is 9.97. The van der Waals surface area contributed by atoms with E-state index in [2.05, 4.69) is 25.3 Å². The molecule has 3 aromatic rings. The third-order valence-corrected chi connectivity index (χ3v) is 6.67. The summed E-state index contributed by atoms with van der Waals surface area (Å²) in [5.74, 6) is -0.251. The van der Waals surface area contributed by atoms with Gasteiger partial charge in [0.1, 0.15) is 22.2 Å². The van der Waals surface area contributed by atoms with E-state index in [9.17, 15) is 22.8 Å². The zero-order valence-corrected chi connectivity index (χ0v) is 19.5. The molecule has 1 saturated heterocycles. The van der Waals surface area contributed by atoms with Crippen molar-refractivity contribution < 1.29 is 27.5 Å². The van der Waals surface area contributed by atoms with Crippen LogP contribution in [0.3, 0.4) is 0 Å². The van der Waals surface area contributed by atoms with Crippen molar-refractivity contribution in [1.29, 1.82) is 0 Å². The molecule has 0 saturated carbocycles. The Labute approximate surface area is 200 Å². The van der Waals surface area contributed by atoms with E-state index in [0.717, 1.165) is 28.1 Å². The number of nitrogens with zero attached hydrogens (tertiary/aromatic N) is 5. The molecule has 0 unspecified atom stereocenters. The van der Waals surface area contributed by atoms with Crippen LogP contribution >= 0.6 is 22.7 Å². The third kappa shape index (κ3) is 5.50. The molecule has 4 rings (SSSR count). The minimum Gasteiger partial charge on any atom is -0.466 e. The van der Waals surface area contributed by atoms with Crippen molar-refractivity contribution in [3.8, 4) is 10.7 Å². The number of hydrogen-bond donors (Lipinski definition) is 1. The van der Waals surface area contributed by atoms with Crippen LogP contribution in [0.25, 0.3) is 10.7 Å². The zero-order valence-electron chi connectivity index (χ0n) is 17.8. The summed E-state index contributed by atoms with van der Waals surface area (Å²) >= 11 is 1.89. The molecule has 0 aliphatic carbocycles. The molecule has 4 heterocycles. The number of anilines is 2. The lowest BCUT2D eigenvalue weighted by Gasteiger charge is -2.31. The summed E-state index contributed by atoms with van der Waals surface area (Å²) in [6, 6.07) is 0. The van der Waals surface area contributed by atoms with Gasteiger partial charge in [-0.3, -0.25) is 14.9 Å². The highest BCUT2D eigenvalue weighted by molar-refractivity contribution is 7.15. The van der Waals surface area contributed by atoms with E-state index in [-0.39, 0.29) is 33.4 Å². The maximum atomic E-state index is 12.7. The first-order valence-electron chi connectivity index (χ1n) is 10.3.